The molecule has 2 aliphatic rings. The van der Waals surface area contributed by atoms with Gasteiger partial charge in [0, 0.05) is 23.7 Å². The first kappa shape index (κ1) is 15.5. The largest absolute Gasteiger partial charge is 0.297 e. The molecule has 4 heteroatoms. The van der Waals surface area contributed by atoms with Crippen molar-refractivity contribution in [2.75, 3.05) is 14.2 Å². The second kappa shape index (κ2) is 6.39. The first-order valence-electron chi connectivity index (χ1n) is 8.15. The van der Waals surface area contributed by atoms with Crippen LogP contribution in [0.1, 0.15) is 44.1 Å². The molecule has 1 aromatic carbocycles. The molecule has 2 saturated heterocycles. The highest BCUT2D eigenvalue weighted by Gasteiger charge is 2.43. The fraction of sp³-hybridized carbons (Fsp3) is 0.556. The third-order valence-electron chi connectivity index (χ3n) is 5.28. The van der Waals surface area contributed by atoms with Crippen molar-refractivity contribution in [2.45, 2.75) is 50.6 Å². The number of likely N-dealkylation sites (N-methyl/N-ethyl adjacent to an activating group) is 1. The van der Waals surface area contributed by atoms with Crippen LogP contribution in [0.25, 0.3) is 0 Å². The van der Waals surface area contributed by atoms with Gasteiger partial charge in [-0.15, -0.1) is 0 Å². The number of nitrogens with one attached hydrogen (secondary N) is 1. The molecule has 3 rings (SSSR count). The molecule has 1 aromatic rings. The highest BCUT2D eigenvalue weighted by atomic mass is 19.1. The number of hydroxylamine groups is 1. The van der Waals surface area contributed by atoms with Crippen molar-refractivity contribution in [1.29, 1.82) is 0 Å². The summed E-state index contributed by atoms with van der Waals surface area (Å²) in [7, 11) is 3.89. The van der Waals surface area contributed by atoms with Crippen molar-refractivity contribution >= 4 is 0 Å². The molecule has 120 valence electrons. The van der Waals surface area contributed by atoms with E-state index in [0.29, 0.717) is 18.0 Å². The van der Waals surface area contributed by atoms with E-state index in [9.17, 15) is 4.39 Å². The number of allylic oxidation sites excluding steroid dienone is 1. The molecule has 1 unspecified atom stereocenters. The van der Waals surface area contributed by atoms with E-state index in [0.717, 1.165) is 12.8 Å². The fourth-order valence-electron chi connectivity index (χ4n) is 4.18. The van der Waals surface area contributed by atoms with Gasteiger partial charge in [0.2, 0.25) is 0 Å². The number of benzene rings is 1. The maximum atomic E-state index is 13.3. The molecule has 0 spiro atoms. The van der Waals surface area contributed by atoms with E-state index in [1.807, 2.05) is 12.1 Å². The number of hydrogen-bond donors (Lipinski definition) is 1. The van der Waals surface area contributed by atoms with E-state index in [-0.39, 0.29) is 5.82 Å². The highest BCUT2D eigenvalue weighted by Crippen LogP contribution is 2.47. The molecule has 2 aliphatic heterocycles. The second-order valence-electron chi connectivity index (χ2n) is 6.35. The number of nitrogens with zero attached hydrogens (tertiary/aromatic N) is 1. The summed E-state index contributed by atoms with van der Waals surface area (Å²) in [6.45, 7) is 2.15. The van der Waals surface area contributed by atoms with Gasteiger partial charge in [-0.1, -0.05) is 19.1 Å². The lowest BCUT2D eigenvalue weighted by Gasteiger charge is -2.40. The summed E-state index contributed by atoms with van der Waals surface area (Å²) in [5.74, 6) is 0.183. The molecule has 3 atom stereocenters. The predicted molar refractivity (Wildman–Crippen MR) is 85.8 cm³/mol. The normalized spacial score (nSPS) is 30.5. The Morgan fingerprint density at radius 3 is 2.68 bits per heavy atom. The Hall–Kier alpha value is -1.39. The molecular weight excluding hydrogens is 279 g/mol. The Balaban J connectivity index is 2.04. The molecule has 1 N–H and O–H groups in total. The topological polar surface area (TPSA) is 24.5 Å². The maximum Gasteiger partial charge on any atom is 0.123 e. The minimum atomic E-state index is -0.170. The summed E-state index contributed by atoms with van der Waals surface area (Å²) in [6, 6.07) is 8.11. The predicted octanol–water partition coefficient (Wildman–Crippen LogP) is 3.59. The summed E-state index contributed by atoms with van der Waals surface area (Å²) in [5.41, 5.74) is 6.91. The van der Waals surface area contributed by atoms with Crippen LogP contribution in [-0.2, 0) is 4.84 Å². The minimum Gasteiger partial charge on any atom is -0.297 e. The van der Waals surface area contributed by atoms with Crippen LogP contribution in [0.3, 0.4) is 0 Å². The molecular formula is C18H25FN2O. The Bertz CT molecular complexity index is 555. The van der Waals surface area contributed by atoms with Crippen LogP contribution in [0.4, 0.5) is 4.39 Å². The van der Waals surface area contributed by atoms with Crippen LogP contribution in [0.5, 0.6) is 0 Å². The lowest BCUT2D eigenvalue weighted by atomic mass is 9.79. The Morgan fingerprint density at radius 1 is 1.32 bits per heavy atom. The molecule has 0 amide bonds. The van der Waals surface area contributed by atoms with Gasteiger partial charge in [0.15, 0.2) is 0 Å². The first-order valence-corrected chi connectivity index (χ1v) is 8.15. The van der Waals surface area contributed by atoms with Gasteiger partial charge in [0.25, 0.3) is 0 Å². The summed E-state index contributed by atoms with van der Waals surface area (Å²) in [4.78, 5) is 7.71. The summed E-state index contributed by atoms with van der Waals surface area (Å²) >= 11 is 0. The summed E-state index contributed by atoms with van der Waals surface area (Å²) < 4.78 is 13.3. The number of fused-ring (bicyclic) bond motifs is 2. The number of piperidine rings is 1. The molecule has 2 bridgehead atoms. The van der Waals surface area contributed by atoms with Crippen molar-refractivity contribution in [3.8, 4) is 0 Å². The van der Waals surface area contributed by atoms with Crippen LogP contribution in [-0.4, -0.2) is 31.1 Å². The molecule has 3 nitrogen and oxygen atoms in total. The van der Waals surface area contributed by atoms with Crippen LogP contribution in [0.2, 0.25) is 0 Å². The number of halogens is 1. The molecule has 2 heterocycles. The van der Waals surface area contributed by atoms with Gasteiger partial charge in [-0.3, -0.25) is 15.2 Å². The zero-order chi connectivity index (χ0) is 15.7. The third-order valence-corrected chi connectivity index (χ3v) is 5.28. The van der Waals surface area contributed by atoms with Gasteiger partial charge in [-0.05, 0) is 56.0 Å². The van der Waals surface area contributed by atoms with Crippen molar-refractivity contribution in [1.82, 2.24) is 10.4 Å². The third kappa shape index (κ3) is 2.66. The van der Waals surface area contributed by atoms with E-state index in [2.05, 4.69) is 24.4 Å². The Kier molecular flexibility index (Phi) is 4.50. The number of rotatable bonds is 4. The molecule has 0 aromatic heterocycles. The average Bonchev–Trinajstić information content (AvgIpc) is 2.76. The van der Waals surface area contributed by atoms with Gasteiger partial charge in [-0.25, -0.2) is 4.39 Å². The standard InChI is InChI=1S/C18H25FN2O/c1-4-16(20-22-3)18-15(12-5-7-13(19)8-6-12)11-14-9-10-17(18)21(14)2/h5-8,14-15,17,20H,4,9-11H2,1-3H3/t14?,15-,17+/m1/s1. The van der Waals surface area contributed by atoms with E-state index in [1.165, 1.54) is 29.7 Å². The summed E-state index contributed by atoms with van der Waals surface area (Å²) in [5, 5.41) is 0. The second-order valence-corrected chi connectivity index (χ2v) is 6.35. The average molecular weight is 304 g/mol. The Morgan fingerprint density at radius 2 is 2.05 bits per heavy atom. The van der Waals surface area contributed by atoms with Crippen molar-refractivity contribution in [2.24, 2.45) is 0 Å². The molecule has 22 heavy (non-hydrogen) atoms. The minimum absolute atomic E-state index is 0.170. The van der Waals surface area contributed by atoms with Gasteiger partial charge >= 0.3 is 0 Å². The summed E-state index contributed by atoms with van der Waals surface area (Å²) in [6.07, 6.45) is 4.45. The van der Waals surface area contributed by atoms with Crippen molar-refractivity contribution in [3.05, 3.63) is 46.9 Å². The molecule has 0 saturated carbocycles. The fourth-order valence-corrected chi connectivity index (χ4v) is 4.18. The lowest BCUT2D eigenvalue weighted by molar-refractivity contribution is 0.110. The maximum absolute atomic E-state index is 13.3. The van der Waals surface area contributed by atoms with Crippen molar-refractivity contribution in [3.63, 3.8) is 0 Å². The zero-order valence-corrected chi connectivity index (χ0v) is 13.6. The van der Waals surface area contributed by atoms with E-state index in [1.54, 1.807) is 19.2 Å². The molecule has 0 aliphatic carbocycles. The SMILES string of the molecule is CCC(NOC)=C1[C@@H](c2ccc(F)cc2)CC2CC[C@@H]1N2C. The van der Waals surface area contributed by atoms with Crippen LogP contribution in [0.15, 0.2) is 35.5 Å². The van der Waals surface area contributed by atoms with Gasteiger partial charge < -0.3 is 0 Å². The van der Waals surface area contributed by atoms with Gasteiger partial charge in [-0.2, -0.15) is 0 Å². The van der Waals surface area contributed by atoms with E-state index in [4.69, 9.17) is 4.84 Å². The monoisotopic (exact) mass is 304 g/mol. The molecule has 0 radical (unpaired) electrons. The van der Waals surface area contributed by atoms with E-state index >= 15 is 0 Å². The quantitative estimate of drug-likeness (QED) is 0.860. The Labute approximate surface area is 132 Å². The van der Waals surface area contributed by atoms with E-state index < -0.39 is 0 Å². The van der Waals surface area contributed by atoms with Crippen LogP contribution in [0, 0.1) is 5.82 Å². The smallest absolute Gasteiger partial charge is 0.123 e. The van der Waals surface area contributed by atoms with Gasteiger partial charge in [0.05, 0.1) is 7.11 Å². The highest BCUT2D eigenvalue weighted by molar-refractivity contribution is 5.38. The first-order chi connectivity index (χ1) is 10.7. The van der Waals surface area contributed by atoms with Crippen molar-refractivity contribution < 1.29 is 9.23 Å². The van der Waals surface area contributed by atoms with Gasteiger partial charge in [0.1, 0.15) is 5.82 Å². The molecule has 2 fully saturated rings. The van der Waals surface area contributed by atoms with Crippen LogP contribution >= 0.6 is 0 Å². The lowest BCUT2D eigenvalue weighted by Crippen LogP contribution is -2.42. The number of hydrogen-bond acceptors (Lipinski definition) is 3. The van der Waals surface area contributed by atoms with Crippen LogP contribution < -0.4 is 5.48 Å². The zero-order valence-electron chi connectivity index (χ0n) is 13.6.